The van der Waals surface area contributed by atoms with Gasteiger partial charge in [0, 0.05) is 11.7 Å². The maximum absolute atomic E-state index is 10.1. The number of carbonyl (C=O) groups is 1. The molecule has 0 saturated heterocycles. The van der Waals surface area contributed by atoms with Crippen molar-refractivity contribution in [3.8, 4) is 0 Å². The van der Waals surface area contributed by atoms with E-state index in [0.29, 0.717) is 6.04 Å². The first-order chi connectivity index (χ1) is 7.22. The van der Waals surface area contributed by atoms with E-state index in [1.54, 1.807) is 0 Å². The average Bonchev–Trinajstić information content (AvgIpc) is 2.18. The minimum atomic E-state index is 0.436. The molecule has 0 amide bonds. The molecule has 2 nitrogen and oxygen atoms in total. The Morgan fingerprint density at radius 3 is 2.87 bits per heavy atom. The molecular weight excluding hydrogens is 186 g/mol. The van der Waals surface area contributed by atoms with Gasteiger partial charge >= 0.3 is 0 Å². The van der Waals surface area contributed by atoms with Gasteiger partial charge in [-0.25, -0.2) is 0 Å². The molecule has 0 heterocycles. The third-order valence-electron chi connectivity index (χ3n) is 1.95. The normalized spacial score (nSPS) is 10.9. The lowest BCUT2D eigenvalue weighted by molar-refractivity contribution is -0.104. The van der Waals surface area contributed by atoms with E-state index < -0.39 is 0 Å². The Kier molecular flexibility index (Phi) is 4.61. The van der Waals surface area contributed by atoms with E-state index in [1.165, 1.54) is 11.6 Å². The van der Waals surface area contributed by atoms with Crippen molar-refractivity contribution in [2.24, 2.45) is 0 Å². The predicted octanol–water partition coefficient (Wildman–Crippen LogP) is 2.80. The first kappa shape index (κ1) is 11.5. The van der Waals surface area contributed by atoms with Gasteiger partial charge in [-0.1, -0.05) is 18.2 Å². The van der Waals surface area contributed by atoms with E-state index in [4.69, 9.17) is 0 Å². The Bertz CT molecular complexity index is 342. The number of nitrogens with one attached hydrogen (secondary N) is 1. The van der Waals surface area contributed by atoms with Crippen molar-refractivity contribution in [3.63, 3.8) is 0 Å². The molecule has 15 heavy (non-hydrogen) atoms. The molecule has 2 heteroatoms. The van der Waals surface area contributed by atoms with Gasteiger partial charge in [0.1, 0.15) is 6.29 Å². The highest BCUT2D eigenvalue weighted by molar-refractivity contribution is 5.64. The molecule has 1 aromatic rings. The highest BCUT2D eigenvalue weighted by Crippen LogP contribution is 2.12. The zero-order chi connectivity index (χ0) is 11.1. The topological polar surface area (TPSA) is 29.1 Å². The quantitative estimate of drug-likeness (QED) is 0.589. The van der Waals surface area contributed by atoms with Gasteiger partial charge in [-0.3, -0.25) is 4.79 Å². The second-order valence-electron chi connectivity index (χ2n) is 3.77. The third kappa shape index (κ3) is 4.45. The van der Waals surface area contributed by atoms with E-state index in [9.17, 15) is 4.79 Å². The van der Waals surface area contributed by atoms with Crippen molar-refractivity contribution in [2.45, 2.75) is 26.3 Å². The Hall–Kier alpha value is -1.57. The van der Waals surface area contributed by atoms with Crippen molar-refractivity contribution in [1.29, 1.82) is 0 Å². The summed E-state index contributed by atoms with van der Waals surface area (Å²) >= 11 is 0. The Morgan fingerprint density at radius 2 is 2.20 bits per heavy atom. The van der Waals surface area contributed by atoms with E-state index in [-0.39, 0.29) is 0 Å². The Morgan fingerprint density at radius 1 is 1.40 bits per heavy atom. The van der Waals surface area contributed by atoms with Crippen molar-refractivity contribution in [2.75, 3.05) is 5.32 Å². The zero-order valence-electron chi connectivity index (χ0n) is 9.23. The number of benzene rings is 1. The van der Waals surface area contributed by atoms with E-state index >= 15 is 0 Å². The van der Waals surface area contributed by atoms with Crippen molar-refractivity contribution < 1.29 is 4.79 Å². The number of allylic oxidation sites excluding steroid dienone is 2. The largest absolute Gasteiger partial charge is 0.383 e. The molecule has 0 radical (unpaired) electrons. The summed E-state index contributed by atoms with van der Waals surface area (Å²) in [5.41, 5.74) is 2.33. The van der Waals surface area contributed by atoms with Crippen LogP contribution in [0.25, 0.3) is 0 Å². The molecule has 0 atom stereocenters. The maximum Gasteiger partial charge on any atom is 0.142 e. The molecule has 0 aromatic heterocycles. The molecule has 0 fully saturated rings. The summed E-state index contributed by atoms with van der Waals surface area (Å²) in [6, 6.07) is 8.67. The van der Waals surface area contributed by atoms with Gasteiger partial charge in [-0.2, -0.15) is 0 Å². The van der Waals surface area contributed by atoms with Gasteiger partial charge < -0.3 is 5.32 Å². The van der Waals surface area contributed by atoms with Crippen LogP contribution in [0.5, 0.6) is 0 Å². The first-order valence-corrected chi connectivity index (χ1v) is 5.18. The summed E-state index contributed by atoms with van der Waals surface area (Å²) in [6.45, 7) is 4.22. The summed E-state index contributed by atoms with van der Waals surface area (Å²) < 4.78 is 0. The van der Waals surface area contributed by atoms with Gasteiger partial charge in [-0.15, -0.1) is 0 Å². The van der Waals surface area contributed by atoms with Crippen LogP contribution in [0.2, 0.25) is 0 Å². The molecule has 0 aliphatic heterocycles. The highest BCUT2D eigenvalue weighted by atomic mass is 16.1. The minimum absolute atomic E-state index is 0.436. The summed E-state index contributed by atoms with van der Waals surface area (Å²) in [5, 5.41) is 3.34. The van der Waals surface area contributed by atoms with Crippen LogP contribution in [-0.2, 0) is 11.2 Å². The molecule has 0 bridgehead atoms. The Balaban J connectivity index is 2.65. The van der Waals surface area contributed by atoms with Crippen LogP contribution in [0, 0.1) is 0 Å². The average molecular weight is 203 g/mol. The second-order valence-corrected chi connectivity index (χ2v) is 3.77. The van der Waals surface area contributed by atoms with Crippen molar-refractivity contribution in [3.05, 3.63) is 42.0 Å². The number of rotatable bonds is 5. The van der Waals surface area contributed by atoms with Crippen LogP contribution in [0.4, 0.5) is 5.69 Å². The second kappa shape index (κ2) is 6.02. The lowest BCUT2D eigenvalue weighted by Crippen LogP contribution is -2.09. The monoisotopic (exact) mass is 203 g/mol. The third-order valence-corrected chi connectivity index (χ3v) is 1.95. The molecular formula is C13H17NO. The number of hydrogen-bond donors (Lipinski definition) is 1. The molecule has 0 spiro atoms. The lowest BCUT2D eigenvalue weighted by atomic mass is 10.1. The molecule has 1 rings (SSSR count). The summed E-state index contributed by atoms with van der Waals surface area (Å²) in [5.74, 6) is 0. The van der Waals surface area contributed by atoms with Gasteiger partial charge in [0.15, 0.2) is 0 Å². The zero-order valence-corrected chi connectivity index (χ0v) is 9.23. The van der Waals surface area contributed by atoms with E-state index in [0.717, 1.165) is 18.4 Å². The molecule has 1 N–H and O–H groups in total. The number of anilines is 1. The SMILES string of the molecule is CC(C)Nc1cccc(CC=CC=O)c1. The van der Waals surface area contributed by atoms with Crippen LogP contribution >= 0.6 is 0 Å². The van der Waals surface area contributed by atoms with Crippen LogP contribution < -0.4 is 5.32 Å². The maximum atomic E-state index is 10.1. The highest BCUT2D eigenvalue weighted by Gasteiger charge is 1.96. The number of aldehydes is 1. The molecule has 0 aliphatic rings. The van der Waals surface area contributed by atoms with Crippen LogP contribution in [0.1, 0.15) is 19.4 Å². The standard InChI is InChI=1S/C13H17NO/c1-11(2)14-13-8-5-7-12(10-13)6-3-4-9-15/h3-5,7-11,14H,6H2,1-2H3. The fourth-order valence-electron chi connectivity index (χ4n) is 1.38. The van der Waals surface area contributed by atoms with Gasteiger partial charge in [0.05, 0.1) is 0 Å². The summed E-state index contributed by atoms with van der Waals surface area (Å²) in [4.78, 5) is 10.1. The van der Waals surface area contributed by atoms with Crippen LogP contribution in [0.15, 0.2) is 36.4 Å². The van der Waals surface area contributed by atoms with Gasteiger partial charge in [0.2, 0.25) is 0 Å². The lowest BCUT2D eigenvalue weighted by Gasteiger charge is -2.10. The van der Waals surface area contributed by atoms with Crippen molar-refractivity contribution in [1.82, 2.24) is 0 Å². The fraction of sp³-hybridized carbons (Fsp3) is 0.308. The Labute approximate surface area is 91.0 Å². The van der Waals surface area contributed by atoms with Crippen LogP contribution in [0.3, 0.4) is 0 Å². The minimum Gasteiger partial charge on any atom is -0.383 e. The summed E-state index contributed by atoms with van der Waals surface area (Å²) in [7, 11) is 0. The number of carbonyl (C=O) groups excluding carboxylic acids is 1. The van der Waals surface area contributed by atoms with Crippen LogP contribution in [-0.4, -0.2) is 12.3 Å². The smallest absolute Gasteiger partial charge is 0.142 e. The fourth-order valence-corrected chi connectivity index (χ4v) is 1.38. The van der Waals surface area contributed by atoms with E-state index in [2.05, 4.69) is 31.3 Å². The molecule has 0 aliphatic carbocycles. The van der Waals surface area contributed by atoms with Crippen molar-refractivity contribution >= 4 is 12.0 Å². The molecule has 1 aromatic carbocycles. The van der Waals surface area contributed by atoms with E-state index in [1.807, 2.05) is 18.2 Å². The predicted molar refractivity (Wildman–Crippen MR) is 64.1 cm³/mol. The van der Waals surface area contributed by atoms with Gasteiger partial charge in [-0.05, 0) is 44.0 Å². The number of hydrogen-bond acceptors (Lipinski definition) is 2. The first-order valence-electron chi connectivity index (χ1n) is 5.18. The molecule has 0 saturated carbocycles. The molecule has 80 valence electrons. The summed E-state index contributed by atoms with van der Waals surface area (Å²) in [6.07, 6.45) is 4.99. The van der Waals surface area contributed by atoms with Gasteiger partial charge in [0.25, 0.3) is 0 Å². The molecule has 0 unspecified atom stereocenters.